The molecule has 0 saturated carbocycles. The Morgan fingerprint density at radius 3 is 2.48 bits per heavy atom. The van der Waals surface area contributed by atoms with Gasteiger partial charge in [-0.05, 0) is 87.4 Å². The van der Waals surface area contributed by atoms with Gasteiger partial charge < -0.3 is 14.8 Å². The van der Waals surface area contributed by atoms with Crippen molar-refractivity contribution in [2.45, 2.75) is 46.3 Å². The maximum absolute atomic E-state index is 11.7. The summed E-state index contributed by atoms with van der Waals surface area (Å²) in [6, 6.07) is 13.6. The van der Waals surface area contributed by atoms with Gasteiger partial charge >= 0.3 is 0 Å². The van der Waals surface area contributed by atoms with Gasteiger partial charge in [0, 0.05) is 29.8 Å². The Morgan fingerprint density at radius 1 is 1.15 bits per heavy atom. The van der Waals surface area contributed by atoms with Crippen LogP contribution in [0.2, 0.25) is 0 Å². The molecule has 0 spiro atoms. The smallest absolute Gasteiger partial charge is 0.229 e. The zero-order chi connectivity index (χ0) is 23.9. The summed E-state index contributed by atoms with van der Waals surface area (Å²) < 4.78 is 28.3. The van der Waals surface area contributed by atoms with E-state index >= 15 is 0 Å². The lowest BCUT2D eigenvalue weighted by molar-refractivity contribution is 0.563. The first kappa shape index (κ1) is 23.3. The van der Waals surface area contributed by atoms with Crippen molar-refractivity contribution in [1.29, 1.82) is 0 Å². The Balaban J connectivity index is 1.84. The third-order valence-corrected chi connectivity index (χ3v) is 7.03. The highest BCUT2D eigenvalue weighted by Gasteiger charge is 2.42. The molecule has 0 aliphatic carbocycles. The van der Waals surface area contributed by atoms with Crippen molar-refractivity contribution < 1.29 is 8.42 Å². The van der Waals surface area contributed by atoms with Gasteiger partial charge in [-0.2, -0.15) is 0 Å². The molecular weight excluding hydrogens is 454 g/mol. The highest BCUT2D eigenvalue weighted by Crippen LogP contribution is 2.43. The molecule has 2 aromatic heterocycles. The van der Waals surface area contributed by atoms with E-state index in [4.69, 9.17) is 12.2 Å². The molecule has 0 amide bonds. The van der Waals surface area contributed by atoms with Gasteiger partial charge in [0.1, 0.15) is 0 Å². The summed E-state index contributed by atoms with van der Waals surface area (Å²) in [7, 11) is -3.36. The van der Waals surface area contributed by atoms with Gasteiger partial charge in [0.15, 0.2) is 5.11 Å². The van der Waals surface area contributed by atoms with E-state index in [1.54, 1.807) is 12.3 Å². The number of pyridine rings is 1. The highest BCUT2D eigenvalue weighted by molar-refractivity contribution is 7.92. The number of nitrogens with one attached hydrogen (secondary N) is 2. The second-order valence-electron chi connectivity index (χ2n) is 8.44. The first-order valence-corrected chi connectivity index (χ1v) is 13.2. The predicted octanol–water partition coefficient (Wildman–Crippen LogP) is 4.38. The molecule has 7 nitrogen and oxygen atoms in total. The molecular formula is C24H29N5O2S2. The SMILES string of the molecule is CCn1c(C)cc([C@H]2[C@@H](c3ccccn3)NC(=S)N2c2ccc(NS(C)(=O)=O)c(C)c2)c1C. The Morgan fingerprint density at radius 2 is 1.91 bits per heavy atom. The number of hydrogen-bond acceptors (Lipinski definition) is 4. The molecule has 33 heavy (non-hydrogen) atoms. The normalized spacial score (nSPS) is 18.5. The summed E-state index contributed by atoms with van der Waals surface area (Å²) in [5.74, 6) is 0. The number of aromatic nitrogens is 2. The van der Waals surface area contributed by atoms with Crippen molar-refractivity contribution in [2.75, 3.05) is 15.9 Å². The lowest BCUT2D eigenvalue weighted by atomic mass is 9.96. The first-order valence-electron chi connectivity index (χ1n) is 10.9. The van der Waals surface area contributed by atoms with E-state index in [0.29, 0.717) is 10.8 Å². The van der Waals surface area contributed by atoms with Gasteiger partial charge in [-0.15, -0.1) is 0 Å². The summed E-state index contributed by atoms with van der Waals surface area (Å²) in [6.07, 6.45) is 2.95. The van der Waals surface area contributed by atoms with Crippen molar-refractivity contribution >= 4 is 38.7 Å². The molecule has 1 saturated heterocycles. The van der Waals surface area contributed by atoms with Crippen LogP contribution >= 0.6 is 12.2 Å². The minimum Gasteiger partial charge on any atom is -0.351 e. The maximum Gasteiger partial charge on any atom is 0.229 e. The highest BCUT2D eigenvalue weighted by atomic mass is 32.2. The number of rotatable bonds is 6. The van der Waals surface area contributed by atoms with Crippen LogP contribution in [0.4, 0.5) is 11.4 Å². The van der Waals surface area contributed by atoms with Crippen LogP contribution in [0.3, 0.4) is 0 Å². The van der Waals surface area contributed by atoms with Gasteiger partial charge in [0.2, 0.25) is 10.0 Å². The number of anilines is 2. The van der Waals surface area contributed by atoms with Crippen LogP contribution in [0, 0.1) is 20.8 Å². The Hall–Kier alpha value is -2.91. The van der Waals surface area contributed by atoms with Crippen molar-refractivity contribution in [3.05, 3.63) is 76.9 Å². The van der Waals surface area contributed by atoms with E-state index in [-0.39, 0.29) is 12.1 Å². The van der Waals surface area contributed by atoms with E-state index in [1.807, 2.05) is 37.3 Å². The molecule has 2 atom stereocenters. The minimum absolute atomic E-state index is 0.105. The quantitative estimate of drug-likeness (QED) is 0.507. The number of hydrogen-bond donors (Lipinski definition) is 2. The molecule has 3 heterocycles. The fourth-order valence-electron chi connectivity index (χ4n) is 4.67. The molecule has 1 aromatic carbocycles. The Kier molecular flexibility index (Phi) is 6.20. The molecule has 174 valence electrons. The summed E-state index contributed by atoms with van der Waals surface area (Å²) >= 11 is 5.82. The van der Waals surface area contributed by atoms with Gasteiger partial charge in [0.25, 0.3) is 0 Å². The number of thiocarbonyl (C=S) groups is 1. The number of sulfonamides is 1. The van der Waals surface area contributed by atoms with Crippen LogP contribution in [-0.2, 0) is 16.6 Å². The minimum atomic E-state index is -3.36. The van der Waals surface area contributed by atoms with E-state index in [9.17, 15) is 8.42 Å². The van der Waals surface area contributed by atoms with Crippen molar-refractivity contribution in [1.82, 2.24) is 14.9 Å². The molecule has 9 heteroatoms. The lowest BCUT2D eigenvalue weighted by Gasteiger charge is -2.28. The van der Waals surface area contributed by atoms with Gasteiger partial charge in [-0.3, -0.25) is 9.71 Å². The second-order valence-corrected chi connectivity index (χ2v) is 10.6. The number of nitrogens with zero attached hydrogens (tertiary/aromatic N) is 3. The molecule has 1 aliphatic rings. The maximum atomic E-state index is 11.7. The molecule has 0 radical (unpaired) electrons. The summed E-state index contributed by atoms with van der Waals surface area (Å²) in [4.78, 5) is 6.74. The molecule has 2 N–H and O–H groups in total. The average molecular weight is 484 g/mol. The van der Waals surface area contributed by atoms with Crippen LogP contribution < -0.4 is 14.9 Å². The number of benzene rings is 1. The summed E-state index contributed by atoms with van der Waals surface area (Å²) in [5, 5.41) is 4.10. The lowest BCUT2D eigenvalue weighted by Crippen LogP contribution is -2.29. The zero-order valence-electron chi connectivity index (χ0n) is 19.5. The van der Waals surface area contributed by atoms with Crippen LogP contribution in [0.25, 0.3) is 0 Å². The van der Waals surface area contributed by atoms with Crippen LogP contribution in [-0.4, -0.2) is 29.3 Å². The Bertz CT molecular complexity index is 1300. The van der Waals surface area contributed by atoms with Crippen molar-refractivity contribution in [3.63, 3.8) is 0 Å². The molecule has 1 fully saturated rings. The van der Waals surface area contributed by atoms with E-state index in [0.717, 1.165) is 29.7 Å². The van der Waals surface area contributed by atoms with Crippen molar-refractivity contribution in [3.8, 4) is 0 Å². The third-order valence-electron chi connectivity index (χ3n) is 6.13. The van der Waals surface area contributed by atoms with Crippen LogP contribution in [0.5, 0.6) is 0 Å². The molecule has 0 unspecified atom stereocenters. The largest absolute Gasteiger partial charge is 0.351 e. The van der Waals surface area contributed by atoms with Gasteiger partial charge in [0.05, 0.1) is 29.7 Å². The first-order chi connectivity index (χ1) is 15.6. The van der Waals surface area contributed by atoms with Crippen LogP contribution in [0.15, 0.2) is 48.7 Å². The number of aryl methyl sites for hydroxylation is 2. The fourth-order valence-corrected chi connectivity index (χ4v) is 5.65. The predicted molar refractivity (Wildman–Crippen MR) is 137 cm³/mol. The summed E-state index contributed by atoms with van der Waals surface area (Å²) in [5.41, 5.74) is 6.78. The van der Waals surface area contributed by atoms with Crippen LogP contribution in [0.1, 0.15) is 47.2 Å². The van der Waals surface area contributed by atoms with Gasteiger partial charge in [-0.25, -0.2) is 8.42 Å². The molecule has 0 bridgehead atoms. The fraction of sp³-hybridized carbons (Fsp3) is 0.333. The Labute approximate surface area is 200 Å². The second kappa shape index (κ2) is 8.79. The van der Waals surface area contributed by atoms with Crippen molar-refractivity contribution in [2.24, 2.45) is 0 Å². The topological polar surface area (TPSA) is 79.3 Å². The van der Waals surface area contributed by atoms with E-state index < -0.39 is 10.0 Å². The average Bonchev–Trinajstić information content (AvgIpc) is 3.24. The van der Waals surface area contributed by atoms with Gasteiger partial charge in [-0.1, -0.05) is 6.07 Å². The van der Waals surface area contributed by atoms with E-state index in [1.165, 1.54) is 17.0 Å². The standard InChI is InChI=1S/C24H29N5O2S2/c1-6-28-16(3)14-19(17(28)4)23-22(21-9-7-8-12-25-21)26-24(32)29(23)18-10-11-20(15(2)13-18)27-33(5,30)31/h7-14,22-23,27H,6H2,1-5H3,(H,26,32)/t22-,23+/m1/s1. The third kappa shape index (κ3) is 4.47. The van der Waals surface area contributed by atoms with E-state index in [2.05, 4.69) is 51.3 Å². The zero-order valence-corrected chi connectivity index (χ0v) is 21.1. The molecule has 1 aliphatic heterocycles. The molecule has 3 aromatic rings. The molecule has 4 rings (SSSR count). The summed E-state index contributed by atoms with van der Waals surface area (Å²) in [6.45, 7) is 9.19. The monoisotopic (exact) mass is 483 g/mol.